The van der Waals surface area contributed by atoms with Crippen LogP contribution < -0.4 is 10.3 Å². The molecule has 4 rings (SSSR count). The monoisotopic (exact) mass is 453 g/mol. The van der Waals surface area contributed by atoms with Gasteiger partial charge in [0.2, 0.25) is 4.70 Å². The van der Waals surface area contributed by atoms with Gasteiger partial charge in [-0.05, 0) is 34.9 Å². The summed E-state index contributed by atoms with van der Waals surface area (Å²) in [4.78, 5) is 13.9. The van der Waals surface area contributed by atoms with Crippen molar-refractivity contribution in [2.75, 3.05) is 20.3 Å². The van der Waals surface area contributed by atoms with Gasteiger partial charge in [0.05, 0.1) is 18.6 Å². The molecule has 166 valence electrons. The lowest BCUT2D eigenvalue weighted by molar-refractivity contribution is -0.137. The molecule has 3 aromatic rings. The van der Waals surface area contributed by atoms with Crippen LogP contribution in [0.4, 0.5) is 13.2 Å². The SMILES string of the molecule is COCCOc1c(Cc2cccc(C(F)(F)F)c2)[s+](C)c2c(C3CC3)nn(C)c(=O)c12. The van der Waals surface area contributed by atoms with Crippen molar-refractivity contribution in [3.05, 3.63) is 56.3 Å². The third kappa shape index (κ3) is 4.21. The van der Waals surface area contributed by atoms with Crippen molar-refractivity contribution in [1.82, 2.24) is 9.78 Å². The van der Waals surface area contributed by atoms with Gasteiger partial charge in [0.1, 0.15) is 18.6 Å². The van der Waals surface area contributed by atoms with Crippen LogP contribution in [0.3, 0.4) is 0 Å². The van der Waals surface area contributed by atoms with Crippen LogP contribution in [0.5, 0.6) is 5.75 Å². The van der Waals surface area contributed by atoms with Gasteiger partial charge in [0.15, 0.2) is 16.0 Å². The first-order chi connectivity index (χ1) is 14.7. The lowest BCUT2D eigenvalue weighted by Crippen LogP contribution is -2.21. The van der Waals surface area contributed by atoms with Crippen LogP contribution in [0.1, 0.15) is 40.5 Å². The highest BCUT2D eigenvalue weighted by atomic mass is 32.2. The number of rotatable bonds is 7. The molecule has 9 heteroatoms. The van der Waals surface area contributed by atoms with Crippen molar-refractivity contribution in [3.8, 4) is 5.75 Å². The maximum Gasteiger partial charge on any atom is 0.416 e. The smallest absolute Gasteiger partial charge is 0.416 e. The van der Waals surface area contributed by atoms with Gasteiger partial charge >= 0.3 is 6.18 Å². The molecule has 1 atom stereocenters. The summed E-state index contributed by atoms with van der Waals surface area (Å²) in [5.41, 5.74) is 0.512. The highest BCUT2D eigenvalue weighted by Gasteiger charge is 2.38. The number of nitrogens with zero attached hydrogens (tertiary/aromatic N) is 2. The maximum absolute atomic E-state index is 13.2. The van der Waals surface area contributed by atoms with E-state index in [1.807, 2.05) is 6.26 Å². The second-order valence-electron chi connectivity index (χ2n) is 7.77. The average Bonchev–Trinajstić information content (AvgIpc) is 3.52. The zero-order valence-electron chi connectivity index (χ0n) is 17.6. The predicted molar refractivity (Wildman–Crippen MR) is 114 cm³/mol. The Morgan fingerprint density at radius 1 is 1.26 bits per heavy atom. The fourth-order valence-electron chi connectivity index (χ4n) is 3.79. The molecular weight excluding hydrogens is 429 g/mol. The van der Waals surface area contributed by atoms with Gasteiger partial charge in [0, 0.05) is 20.1 Å². The molecule has 1 aliphatic rings. The average molecular weight is 454 g/mol. The third-order valence-corrected chi connectivity index (χ3v) is 7.59. The first-order valence-electron chi connectivity index (χ1n) is 10.0. The van der Waals surface area contributed by atoms with E-state index in [0.29, 0.717) is 29.2 Å². The molecule has 0 saturated heterocycles. The normalized spacial score (nSPS) is 15.0. The van der Waals surface area contributed by atoms with Crippen molar-refractivity contribution in [2.24, 2.45) is 13.3 Å². The summed E-state index contributed by atoms with van der Waals surface area (Å²) in [7, 11) is 2.68. The molecule has 1 aliphatic carbocycles. The van der Waals surface area contributed by atoms with Crippen LogP contribution in [0.25, 0.3) is 10.1 Å². The van der Waals surface area contributed by atoms with Crippen molar-refractivity contribution in [3.63, 3.8) is 0 Å². The molecule has 0 radical (unpaired) electrons. The van der Waals surface area contributed by atoms with Gasteiger partial charge in [-0.25, -0.2) is 4.68 Å². The number of fused-ring (bicyclic) bond motifs is 1. The minimum atomic E-state index is -4.41. The highest BCUT2D eigenvalue weighted by molar-refractivity contribution is 7.36. The number of ether oxygens (including phenoxy) is 2. The number of halogens is 3. The first-order valence-corrected chi connectivity index (χ1v) is 11.6. The Kier molecular flexibility index (Phi) is 5.83. The predicted octanol–water partition coefficient (Wildman–Crippen LogP) is 4.73. The van der Waals surface area contributed by atoms with Gasteiger partial charge in [0.25, 0.3) is 5.56 Å². The van der Waals surface area contributed by atoms with E-state index in [9.17, 15) is 18.0 Å². The fourth-order valence-corrected chi connectivity index (χ4v) is 5.86. The van der Waals surface area contributed by atoms with Crippen LogP contribution in [-0.2, 0) is 30.6 Å². The molecular formula is C22H24F3N2O3S+. The quantitative estimate of drug-likeness (QED) is 0.383. The number of hydrogen-bond acceptors (Lipinski definition) is 4. The van der Waals surface area contributed by atoms with Crippen LogP contribution in [-0.4, -0.2) is 30.1 Å². The summed E-state index contributed by atoms with van der Waals surface area (Å²) in [6.45, 7) is 0.590. The summed E-state index contributed by atoms with van der Waals surface area (Å²) in [5, 5.41) is 5.03. The van der Waals surface area contributed by atoms with Crippen LogP contribution in [0.2, 0.25) is 0 Å². The summed E-state index contributed by atoms with van der Waals surface area (Å²) >= 11 is 0. The molecule has 1 aromatic carbocycles. The Labute approximate surface area is 180 Å². The minimum Gasteiger partial charge on any atom is -0.485 e. The van der Waals surface area contributed by atoms with E-state index < -0.39 is 22.2 Å². The van der Waals surface area contributed by atoms with E-state index in [1.54, 1.807) is 20.2 Å². The fraction of sp³-hybridized carbons (Fsp3) is 0.455. The number of aryl methyl sites for hydroxylation is 2. The summed E-state index contributed by atoms with van der Waals surface area (Å²) in [5.74, 6) is 0.795. The minimum absolute atomic E-state index is 0.245. The summed E-state index contributed by atoms with van der Waals surface area (Å²) < 4.78 is 52.9. The molecule has 0 bridgehead atoms. The number of hydrogen-bond donors (Lipinski definition) is 0. The van der Waals surface area contributed by atoms with Crippen LogP contribution in [0.15, 0.2) is 29.1 Å². The molecule has 1 fully saturated rings. The second kappa shape index (κ2) is 8.27. The molecule has 0 aliphatic heterocycles. The zero-order chi connectivity index (χ0) is 22.3. The van der Waals surface area contributed by atoms with E-state index in [0.717, 1.165) is 40.2 Å². The van der Waals surface area contributed by atoms with Gasteiger partial charge in [-0.2, -0.15) is 18.3 Å². The van der Waals surface area contributed by atoms with Crippen molar-refractivity contribution in [2.45, 2.75) is 31.4 Å². The standard InChI is InChI=1S/C22H24F3N2O3S/c1-27-21(28)17-19(30-10-9-29-2)16(31(3)20(17)18(26-27)14-7-8-14)12-13-5-4-6-15(11-13)22(23,24)25/h4-6,11,14H,7-10,12H2,1-3H3/q+1. The van der Waals surface area contributed by atoms with Gasteiger partial charge in [-0.15, -0.1) is 0 Å². The molecule has 0 spiro atoms. The first kappa shape index (κ1) is 21.8. The molecule has 5 nitrogen and oxygen atoms in total. The van der Waals surface area contributed by atoms with E-state index in [-0.39, 0.29) is 18.6 Å². The molecule has 1 unspecified atom stereocenters. The van der Waals surface area contributed by atoms with Crippen LogP contribution in [0, 0.1) is 0 Å². The van der Waals surface area contributed by atoms with Crippen LogP contribution >= 0.6 is 10.5 Å². The van der Waals surface area contributed by atoms with E-state index in [1.165, 1.54) is 10.7 Å². The van der Waals surface area contributed by atoms with Gasteiger partial charge in [-0.1, -0.05) is 18.2 Å². The maximum atomic E-state index is 13.2. The molecule has 1 saturated carbocycles. The number of alkyl halides is 3. The zero-order valence-corrected chi connectivity index (χ0v) is 18.4. The van der Waals surface area contributed by atoms with Gasteiger partial charge < -0.3 is 9.47 Å². The summed E-state index contributed by atoms with van der Waals surface area (Å²) in [6, 6.07) is 5.32. The van der Waals surface area contributed by atoms with Crippen molar-refractivity contribution in [1.29, 1.82) is 0 Å². The topological polar surface area (TPSA) is 53.4 Å². The molecule has 2 aromatic heterocycles. The third-order valence-electron chi connectivity index (χ3n) is 5.50. The Bertz CT molecular complexity index is 1180. The highest BCUT2D eigenvalue weighted by Crippen LogP contribution is 2.50. The lowest BCUT2D eigenvalue weighted by atomic mass is 10.1. The summed E-state index contributed by atoms with van der Waals surface area (Å²) in [6.07, 6.45) is -0.0850. The molecule has 0 amide bonds. The number of aromatic nitrogens is 2. The Morgan fingerprint density at radius 3 is 2.65 bits per heavy atom. The molecule has 2 heterocycles. The number of thiophene rings is 1. The lowest BCUT2D eigenvalue weighted by Gasteiger charge is -2.09. The van der Waals surface area contributed by atoms with Gasteiger partial charge in [-0.3, -0.25) is 4.79 Å². The van der Waals surface area contributed by atoms with Crippen molar-refractivity contribution < 1.29 is 22.6 Å². The Morgan fingerprint density at radius 2 is 2.00 bits per heavy atom. The van der Waals surface area contributed by atoms with Crippen molar-refractivity contribution >= 4 is 20.6 Å². The second-order valence-corrected chi connectivity index (χ2v) is 9.69. The molecule has 0 N–H and O–H groups in total. The number of methoxy groups -OCH3 is 1. The largest absolute Gasteiger partial charge is 0.485 e. The van der Waals surface area contributed by atoms with E-state index in [2.05, 4.69) is 5.10 Å². The Hall–Kier alpha value is -2.39. The number of benzene rings is 1. The molecule has 31 heavy (non-hydrogen) atoms. The van der Waals surface area contributed by atoms with E-state index >= 15 is 0 Å². The van der Waals surface area contributed by atoms with E-state index in [4.69, 9.17) is 9.47 Å². The Balaban J connectivity index is 1.89.